The van der Waals surface area contributed by atoms with Crippen molar-refractivity contribution in [3.05, 3.63) is 0 Å². The third-order valence-electron chi connectivity index (χ3n) is 2.98. The summed E-state index contributed by atoms with van der Waals surface area (Å²) in [6.07, 6.45) is 6.49. The van der Waals surface area contributed by atoms with Crippen molar-refractivity contribution in [1.82, 2.24) is 4.90 Å². The van der Waals surface area contributed by atoms with Crippen LogP contribution in [0, 0.1) is 5.92 Å². The lowest BCUT2D eigenvalue weighted by Gasteiger charge is -2.25. The monoisotopic (exact) mass is 199 g/mol. The summed E-state index contributed by atoms with van der Waals surface area (Å²) in [4.78, 5) is 2.48. The molecule has 1 saturated heterocycles. The van der Waals surface area contributed by atoms with Crippen LogP contribution in [0.4, 0.5) is 0 Å². The van der Waals surface area contributed by atoms with Gasteiger partial charge in [-0.1, -0.05) is 6.92 Å². The molecule has 84 valence electrons. The van der Waals surface area contributed by atoms with Crippen LogP contribution in [0.3, 0.4) is 0 Å². The van der Waals surface area contributed by atoms with E-state index in [0.717, 1.165) is 19.1 Å². The number of nitrogens with zero attached hydrogens (tertiary/aromatic N) is 1. The van der Waals surface area contributed by atoms with E-state index >= 15 is 0 Å². The van der Waals surface area contributed by atoms with Gasteiger partial charge in [-0.25, -0.2) is 0 Å². The molecule has 0 bridgehead atoms. The number of ether oxygens (including phenoxy) is 1. The molecule has 2 nitrogen and oxygen atoms in total. The number of rotatable bonds is 4. The minimum absolute atomic E-state index is 0.912. The topological polar surface area (TPSA) is 12.5 Å². The lowest BCUT2D eigenvalue weighted by molar-refractivity contribution is 0.0982. The smallest absolute Gasteiger partial charge is 0.0466 e. The first-order valence-electron chi connectivity index (χ1n) is 6.09. The average molecular weight is 199 g/mol. The van der Waals surface area contributed by atoms with Crippen LogP contribution in [-0.4, -0.2) is 38.3 Å². The van der Waals surface area contributed by atoms with Gasteiger partial charge in [-0.2, -0.15) is 0 Å². The zero-order valence-corrected chi connectivity index (χ0v) is 9.80. The lowest BCUT2D eigenvalue weighted by atomic mass is 9.96. The van der Waals surface area contributed by atoms with Gasteiger partial charge in [-0.15, -0.1) is 0 Å². The predicted octanol–water partition coefficient (Wildman–Crippen LogP) is 2.54. The Hall–Kier alpha value is -0.0800. The van der Waals surface area contributed by atoms with E-state index in [-0.39, 0.29) is 0 Å². The Bertz CT molecular complexity index is 130. The van der Waals surface area contributed by atoms with E-state index in [2.05, 4.69) is 18.9 Å². The second kappa shape index (κ2) is 7.24. The first-order chi connectivity index (χ1) is 6.83. The van der Waals surface area contributed by atoms with Crippen molar-refractivity contribution < 1.29 is 4.74 Å². The summed E-state index contributed by atoms with van der Waals surface area (Å²) in [5, 5.41) is 0. The molecule has 0 aromatic rings. The molecule has 0 amide bonds. The molecule has 0 unspecified atom stereocenters. The van der Waals surface area contributed by atoms with Gasteiger partial charge in [0.15, 0.2) is 0 Å². The summed E-state index contributed by atoms with van der Waals surface area (Å²) in [6.45, 7) is 6.74. The SMILES string of the molecule is CCCN(C)CC1CCCOCCC1. The highest BCUT2D eigenvalue weighted by molar-refractivity contribution is 4.66. The molecular weight excluding hydrogens is 174 g/mol. The van der Waals surface area contributed by atoms with Gasteiger partial charge in [0.1, 0.15) is 0 Å². The fraction of sp³-hybridized carbons (Fsp3) is 1.00. The molecular formula is C12H25NO. The van der Waals surface area contributed by atoms with Gasteiger partial charge in [0.25, 0.3) is 0 Å². The molecule has 0 aromatic carbocycles. The summed E-state index contributed by atoms with van der Waals surface area (Å²) in [5.41, 5.74) is 0. The van der Waals surface area contributed by atoms with Crippen LogP contribution in [-0.2, 0) is 4.74 Å². The van der Waals surface area contributed by atoms with Crippen molar-refractivity contribution >= 4 is 0 Å². The molecule has 0 aliphatic carbocycles. The standard InChI is InChI=1S/C12H25NO/c1-3-8-13(2)11-12-6-4-9-14-10-5-7-12/h12H,3-11H2,1-2H3. The van der Waals surface area contributed by atoms with Crippen LogP contribution in [0.15, 0.2) is 0 Å². The van der Waals surface area contributed by atoms with Crippen molar-refractivity contribution in [1.29, 1.82) is 0 Å². The van der Waals surface area contributed by atoms with Gasteiger partial charge in [0.2, 0.25) is 0 Å². The van der Waals surface area contributed by atoms with E-state index in [1.807, 2.05) is 0 Å². The first kappa shape index (κ1) is 12.0. The molecule has 0 aromatic heterocycles. The molecule has 0 radical (unpaired) electrons. The summed E-state index contributed by atoms with van der Waals surface area (Å²) in [7, 11) is 2.25. The molecule has 1 fully saturated rings. The Kier molecular flexibility index (Phi) is 6.20. The van der Waals surface area contributed by atoms with E-state index in [0.29, 0.717) is 0 Å². The zero-order chi connectivity index (χ0) is 10.2. The maximum absolute atomic E-state index is 5.46. The van der Waals surface area contributed by atoms with E-state index in [4.69, 9.17) is 4.74 Å². The maximum atomic E-state index is 5.46. The fourth-order valence-electron chi connectivity index (χ4n) is 2.29. The normalized spacial score (nSPS) is 20.8. The van der Waals surface area contributed by atoms with E-state index in [1.54, 1.807) is 0 Å². The van der Waals surface area contributed by atoms with Gasteiger partial charge < -0.3 is 9.64 Å². The molecule has 0 spiro atoms. The molecule has 1 aliphatic rings. The van der Waals surface area contributed by atoms with Crippen LogP contribution < -0.4 is 0 Å². The zero-order valence-electron chi connectivity index (χ0n) is 9.80. The van der Waals surface area contributed by atoms with Gasteiger partial charge in [0, 0.05) is 19.8 Å². The Balaban J connectivity index is 2.19. The van der Waals surface area contributed by atoms with Gasteiger partial charge in [0.05, 0.1) is 0 Å². The average Bonchev–Trinajstić information content (AvgIpc) is 2.10. The minimum Gasteiger partial charge on any atom is -0.381 e. The van der Waals surface area contributed by atoms with Gasteiger partial charge >= 0.3 is 0 Å². The Morgan fingerprint density at radius 3 is 2.43 bits per heavy atom. The molecule has 14 heavy (non-hydrogen) atoms. The maximum Gasteiger partial charge on any atom is 0.0466 e. The van der Waals surface area contributed by atoms with E-state index < -0.39 is 0 Å². The van der Waals surface area contributed by atoms with Crippen molar-refractivity contribution in [3.8, 4) is 0 Å². The summed E-state index contributed by atoms with van der Waals surface area (Å²) < 4.78 is 5.46. The van der Waals surface area contributed by atoms with E-state index in [1.165, 1.54) is 45.2 Å². The summed E-state index contributed by atoms with van der Waals surface area (Å²) in [6, 6.07) is 0. The largest absolute Gasteiger partial charge is 0.381 e. The fourth-order valence-corrected chi connectivity index (χ4v) is 2.29. The van der Waals surface area contributed by atoms with Crippen molar-refractivity contribution in [2.45, 2.75) is 39.0 Å². The molecule has 0 N–H and O–H groups in total. The van der Waals surface area contributed by atoms with Crippen molar-refractivity contribution in [2.75, 3.05) is 33.4 Å². The Morgan fingerprint density at radius 1 is 1.21 bits per heavy atom. The van der Waals surface area contributed by atoms with Crippen molar-refractivity contribution in [3.63, 3.8) is 0 Å². The van der Waals surface area contributed by atoms with Crippen LogP contribution in [0.1, 0.15) is 39.0 Å². The van der Waals surface area contributed by atoms with Crippen LogP contribution in [0.25, 0.3) is 0 Å². The van der Waals surface area contributed by atoms with Crippen LogP contribution in [0.5, 0.6) is 0 Å². The third-order valence-corrected chi connectivity index (χ3v) is 2.98. The van der Waals surface area contributed by atoms with Crippen LogP contribution >= 0.6 is 0 Å². The quantitative estimate of drug-likeness (QED) is 0.690. The van der Waals surface area contributed by atoms with Crippen LogP contribution in [0.2, 0.25) is 0 Å². The molecule has 2 heteroatoms. The second-order valence-corrected chi connectivity index (χ2v) is 4.53. The summed E-state index contributed by atoms with van der Waals surface area (Å²) in [5.74, 6) is 0.912. The Labute approximate surface area is 88.6 Å². The highest BCUT2D eigenvalue weighted by Crippen LogP contribution is 2.17. The van der Waals surface area contributed by atoms with Crippen molar-refractivity contribution in [2.24, 2.45) is 5.92 Å². The molecule has 0 saturated carbocycles. The van der Waals surface area contributed by atoms with Gasteiger partial charge in [-0.3, -0.25) is 0 Å². The highest BCUT2D eigenvalue weighted by atomic mass is 16.5. The minimum atomic E-state index is 0.912. The highest BCUT2D eigenvalue weighted by Gasteiger charge is 2.12. The van der Waals surface area contributed by atoms with E-state index in [9.17, 15) is 0 Å². The first-order valence-corrected chi connectivity index (χ1v) is 6.09. The molecule has 1 aliphatic heterocycles. The molecule has 1 heterocycles. The molecule has 0 atom stereocenters. The number of hydrogen-bond acceptors (Lipinski definition) is 2. The lowest BCUT2D eigenvalue weighted by Crippen LogP contribution is -2.27. The second-order valence-electron chi connectivity index (χ2n) is 4.53. The predicted molar refractivity (Wildman–Crippen MR) is 60.6 cm³/mol. The Morgan fingerprint density at radius 2 is 1.86 bits per heavy atom. The number of hydrogen-bond donors (Lipinski definition) is 0. The van der Waals surface area contributed by atoms with Gasteiger partial charge in [-0.05, 0) is 51.6 Å². The molecule has 1 rings (SSSR count). The summed E-state index contributed by atoms with van der Waals surface area (Å²) >= 11 is 0. The third kappa shape index (κ3) is 4.97.